The number of benzene rings is 2. The average molecular weight is 381 g/mol. The van der Waals surface area contributed by atoms with Gasteiger partial charge in [0.15, 0.2) is 0 Å². The summed E-state index contributed by atoms with van der Waals surface area (Å²) in [7, 11) is 0. The van der Waals surface area contributed by atoms with E-state index in [9.17, 15) is 9.18 Å². The molecule has 2 aromatic carbocycles. The van der Waals surface area contributed by atoms with Gasteiger partial charge in [-0.15, -0.1) is 0 Å². The number of piperidine rings is 1. The molecule has 1 fully saturated rings. The van der Waals surface area contributed by atoms with Crippen molar-refractivity contribution in [2.75, 3.05) is 11.4 Å². The van der Waals surface area contributed by atoms with Crippen molar-refractivity contribution >= 4 is 41.0 Å². The van der Waals surface area contributed by atoms with Crippen molar-refractivity contribution in [1.82, 2.24) is 0 Å². The quantitative estimate of drug-likeness (QED) is 0.570. The fourth-order valence-corrected chi connectivity index (χ4v) is 2.98. The van der Waals surface area contributed by atoms with Gasteiger partial charge < -0.3 is 9.74 Å². The number of carbonyl (C=O) groups is 1. The lowest BCUT2D eigenvalue weighted by molar-refractivity contribution is -0.132. The number of carbonyl (C=O) groups excluding carboxylic acids is 1. The smallest absolute Gasteiger partial charge is 0.270 e. The van der Waals surface area contributed by atoms with E-state index in [0.29, 0.717) is 34.3 Å². The number of anilines is 1. The van der Waals surface area contributed by atoms with Crippen LogP contribution in [0, 0.1) is 5.82 Å². The molecule has 1 amide bonds. The number of nitrogens with zero attached hydrogens (tertiary/aromatic N) is 2. The molecule has 0 aromatic heterocycles. The van der Waals surface area contributed by atoms with E-state index in [0.717, 1.165) is 6.42 Å². The first-order valence-corrected chi connectivity index (χ1v) is 8.52. The Hall–Kier alpha value is -2.11. The van der Waals surface area contributed by atoms with Gasteiger partial charge in [-0.05, 0) is 37.1 Å². The molecule has 0 saturated carbocycles. The fraction of sp³-hybridized carbons (Fsp3) is 0.222. The third-order valence-corrected chi connectivity index (χ3v) is 4.70. The number of hydrogen-bond donors (Lipinski definition) is 0. The minimum absolute atomic E-state index is 0.244. The zero-order valence-corrected chi connectivity index (χ0v) is 14.7. The van der Waals surface area contributed by atoms with Crippen LogP contribution >= 0.6 is 23.2 Å². The van der Waals surface area contributed by atoms with Crippen LogP contribution in [0.4, 0.5) is 10.1 Å². The number of rotatable bonds is 4. The van der Waals surface area contributed by atoms with Crippen molar-refractivity contribution in [3.63, 3.8) is 0 Å². The van der Waals surface area contributed by atoms with E-state index < -0.39 is 6.10 Å². The van der Waals surface area contributed by atoms with E-state index in [1.807, 2.05) is 0 Å². The van der Waals surface area contributed by atoms with Crippen LogP contribution in [0.5, 0.6) is 0 Å². The van der Waals surface area contributed by atoms with Gasteiger partial charge in [-0.25, -0.2) is 4.39 Å². The molecule has 1 atom stereocenters. The first-order valence-electron chi connectivity index (χ1n) is 7.76. The third kappa shape index (κ3) is 4.11. The lowest BCUT2D eigenvalue weighted by Gasteiger charge is -2.30. The van der Waals surface area contributed by atoms with Gasteiger partial charge in [-0.2, -0.15) is 0 Å². The Labute approximate surface area is 154 Å². The maximum atomic E-state index is 13.4. The van der Waals surface area contributed by atoms with E-state index in [4.69, 9.17) is 28.0 Å². The van der Waals surface area contributed by atoms with Gasteiger partial charge in [0.1, 0.15) is 5.82 Å². The molecule has 1 unspecified atom stereocenters. The molecule has 0 N–H and O–H groups in total. The molecule has 1 aliphatic heterocycles. The molecule has 2 aromatic rings. The molecule has 7 heteroatoms. The van der Waals surface area contributed by atoms with Crippen molar-refractivity contribution in [3.8, 4) is 0 Å². The van der Waals surface area contributed by atoms with Gasteiger partial charge in [0.25, 0.3) is 5.91 Å². The third-order valence-electron chi connectivity index (χ3n) is 3.87. The summed E-state index contributed by atoms with van der Waals surface area (Å²) in [5, 5.41) is 4.66. The molecular weight excluding hydrogens is 366 g/mol. The van der Waals surface area contributed by atoms with Crippen LogP contribution < -0.4 is 4.90 Å². The Bertz CT molecular complexity index is 813. The minimum Gasteiger partial charge on any atom is -0.382 e. The summed E-state index contributed by atoms with van der Waals surface area (Å²) < 4.78 is 13.4. The molecule has 4 nitrogen and oxygen atoms in total. The molecule has 0 aliphatic carbocycles. The predicted molar refractivity (Wildman–Crippen MR) is 96.9 cm³/mol. The van der Waals surface area contributed by atoms with E-state index in [-0.39, 0.29) is 11.7 Å². The molecule has 0 radical (unpaired) electrons. The van der Waals surface area contributed by atoms with E-state index >= 15 is 0 Å². The maximum Gasteiger partial charge on any atom is 0.270 e. The number of oxime groups is 1. The van der Waals surface area contributed by atoms with Crippen molar-refractivity contribution in [3.05, 3.63) is 63.9 Å². The Morgan fingerprint density at radius 2 is 2.04 bits per heavy atom. The van der Waals surface area contributed by atoms with Crippen LogP contribution in [0.25, 0.3) is 0 Å². The van der Waals surface area contributed by atoms with Gasteiger partial charge in [-0.3, -0.25) is 4.79 Å². The second kappa shape index (κ2) is 7.85. The molecule has 1 heterocycles. The van der Waals surface area contributed by atoms with Crippen LogP contribution in [-0.2, 0) is 9.63 Å². The van der Waals surface area contributed by atoms with Crippen molar-refractivity contribution in [2.45, 2.75) is 18.9 Å². The zero-order chi connectivity index (χ0) is 17.8. The number of amides is 1. The van der Waals surface area contributed by atoms with E-state index in [1.54, 1.807) is 30.3 Å². The standard InChI is InChI=1S/C18H15Cl2FN2O2/c19-15-7-1-4-12(17(15)20)11-22-25-16-8-3-9-23(18(16)24)14-6-2-5-13(21)10-14/h1-2,4-7,10-11,16H,3,8-9H2/b22-11+. The van der Waals surface area contributed by atoms with Crippen LogP contribution in [0.1, 0.15) is 18.4 Å². The first kappa shape index (κ1) is 17.7. The second-order valence-electron chi connectivity index (χ2n) is 5.58. The summed E-state index contributed by atoms with van der Waals surface area (Å²) >= 11 is 12.0. The Morgan fingerprint density at radius 1 is 1.24 bits per heavy atom. The summed E-state index contributed by atoms with van der Waals surface area (Å²) in [6.07, 6.45) is 1.99. The van der Waals surface area contributed by atoms with Gasteiger partial charge in [0.2, 0.25) is 6.10 Å². The fourth-order valence-electron chi connectivity index (χ4n) is 2.62. The molecule has 1 aliphatic rings. The average Bonchev–Trinajstić information content (AvgIpc) is 2.60. The summed E-state index contributed by atoms with van der Waals surface area (Å²) in [6.45, 7) is 0.520. The summed E-state index contributed by atoms with van der Waals surface area (Å²) in [6, 6.07) is 11.1. The predicted octanol–water partition coefficient (Wildman–Crippen LogP) is 4.68. The van der Waals surface area contributed by atoms with E-state index in [1.165, 1.54) is 23.2 Å². The van der Waals surface area contributed by atoms with Gasteiger partial charge in [0, 0.05) is 17.8 Å². The molecular formula is C18H15Cl2FN2O2. The monoisotopic (exact) mass is 380 g/mol. The molecule has 1 saturated heterocycles. The van der Waals surface area contributed by atoms with Crippen molar-refractivity contribution in [2.24, 2.45) is 5.16 Å². The largest absolute Gasteiger partial charge is 0.382 e. The van der Waals surface area contributed by atoms with Gasteiger partial charge in [0.05, 0.1) is 16.3 Å². The lowest BCUT2D eigenvalue weighted by atomic mass is 10.1. The highest BCUT2D eigenvalue weighted by molar-refractivity contribution is 6.43. The minimum atomic E-state index is -0.716. The van der Waals surface area contributed by atoms with Crippen molar-refractivity contribution < 1.29 is 14.0 Å². The SMILES string of the molecule is O=C1C(O/N=C/c2cccc(Cl)c2Cl)CCCN1c1cccc(F)c1. The summed E-state index contributed by atoms with van der Waals surface area (Å²) in [5.74, 6) is -0.631. The normalized spacial score (nSPS) is 18.0. The van der Waals surface area contributed by atoms with E-state index in [2.05, 4.69) is 5.16 Å². The molecule has 3 rings (SSSR count). The summed E-state index contributed by atoms with van der Waals surface area (Å²) in [4.78, 5) is 19.4. The number of halogens is 3. The highest BCUT2D eigenvalue weighted by Crippen LogP contribution is 2.25. The molecule has 0 bridgehead atoms. The second-order valence-corrected chi connectivity index (χ2v) is 6.37. The molecule has 25 heavy (non-hydrogen) atoms. The maximum absolute atomic E-state index is 13.4. The van der Waals surface area contributed by atoms with Crippen LogP contribution in [-0.4, -0.2) is 24.8 Å². The highest BCUT2D eigenvalue weighted by Gasteiger charge is 2.31. The lowest BCUT2D eigenvalue weighted by Crippen LogP contribution is -2.45. The Balaban J connectivity index is 1.69. The highest BCUT2D eigenvalue weighted by atomic mass is 35.5. The first-order chi connectivity index (χ1) is 12.1. The topological polar surface area (TPSA) is 41.9 Å². The van der Waals surface area contributed by atoms with Crippen LogP contribution in [0.15, 0.2) is 47.6 Å². The summed E-state index contributed by atoms with van der Waals surface area (Å²) in [5.41, 5.74) is 1.11. The van der Waals surface area contributed by atoms with Gasteiger partial charge >= 0.3 is 0 Å². The van der Waals surface area contributed by atoms with Gasteiger partial charge in [-0.1, -0.05) is 46.6 Å². The molecule has 130 valence electrons. The number of hydrogen-bond acceptors (Lipinski definition) is 3. The van der Waals surface area contributed by atoms with Crippen LogP contribution in [0.2, 0.25) is 10.0 Å². The molecule has 0 spiro atoms. The van der Waals surface area contributed by atoms with Crippen molar-refractivity contribution in [1.29, 1.82) is 0 Å². The zero-order valence-electron chi connectivity index (χ0n) is 13.2. The van der Waals surface area contributed by atoms with Crippen LogP contribution in [0.3, 0.4) is 0 Å². The Morgan fingerprint density at radius 3 is 2.84 bits per heavy atom. The Kier molecular flexibility index (Phi) is 5.56.